The van der Waals surface area contributed by atoms with Gasteiger partial charge in [-0.25, -0.2) is 9.67 Å². The highest BCUT2D eigenvalue weighted by Crippen LogP contribution is 2.37. The first-order chi connectivity index (χ1) is 20.1. The van der Waals surface area contributed by atoms with Crippen LogP contribution in [-0.2, 0) is 13.1 Å². The number of piperazine rings is 1. The van der Waals surface area contributed by atoms with Gasteiger partial charge in [0.05, 0.1) is 48.2 Å². The van der Waals surface area contributed by atoms with Crippen molar-refractivity contribution in [1.29, 1.82) is 0 Å². The quantitative estimate of drug-likeness (QED) is 0.352. The average molecular weight is 557 g/mol. The fourth-order valence-corrected chi connectivity index (χ4v) is 6.53. The largest absolute Gasteiger partial charge is 0.477 e. The van der Waals surface area contributed by atoms with Crippen LogP contribution in [0.3, 0.4) is 0 Å². The minimum absolute atomic E-state index is 0.0479. The number of nitrogens with zero attached hydrogens (tertiary/aromatic N) is 6. The maximum Gasteiger partial charge on any atom is 0.258 e. The number of carbonyl (C=O) groups is 1. The summed E-state index contributed by atoms with van der Waals surface area (Å²) >= 11 is 0. The Balaban J connectivity index is 1.31. The number of benzene rings is 1. The van der Waals surface area contributed by atoms with Crippen molar-refractivity contribution in [3.05, 3.63) is 47.8 Å². The zero-order valence-electron chi connectivity index (χ0n) is 23.3. The lowest BCUT2D eigenvalue weighted by Gasteiger charge is -2.29. The Morgan fingerprint density at radius 3 is 2.80 bits per heavy atom. The van der Waals surface area contributed by atoms with E-state index >= 15 is 0 Å². The van der Waals surface area contributed by atoms with Gasteiger partial charge in [-0.05, 0) is 68.4 Å². The zero-order valence-corrected chi connectivity index (χ0v) is 23.3. The van der Waals surface area contributed by atoms with Gasteiger partial charge in [0.1, 0.15) is 0 Å². The standard InChI is InChI=1S/C30H36N8O3/c1-19-12-22-14-26(33-19)24-16-32-38(10-11-39)29(24)41-18-21-3-2-20(13-21)17-37-27-15-23(36-8-6-31-7-9-36)4-5-25(27)34-30(37)35-28(22)40/h4-5,12,14-16,20-21,31,39H,2-3,6-11,13,17-18H2,1H3,(H,34,35,40)/t20-,21+/m1/s1. The van der Waals surface area contributed by atoms with E-state index in [4.69, 9.17) is 14.7 Å². The van der Waals surface area contributed by atoms with E-state index in [9.17, 15) is 9.90 Å². The van der Waals surface area contributed by atoms with Crippen LogP contribution in [0, 0.1) is 18.8 Å². The molecule has 0 unspecified atom stereocenters. The molecule has 11 heteroatoms. The summed E-state index contributed by atoms with van der Waals surface area (Å²) in [5.41, 5.74) is 5.65. The van der Waals surface area contributed by atoms with Gasteiger partial charge in [0, 0.05) is 49.7 Å². The summed E-state index contributed by atoms with van der Waals surface area (Å²) in [5.74, 6) is 1.77. The van der Waals surface area contributed by atoms with Crippen molar-refractivity contribution in [2.75, 3.05) is 49.6 Å². The molecule has 3 aromatic heterocycles. The molecule has 1 saturated carbocycles. The number of amides is 1. The van der Waals surface area contributed by atoms with Gasteiger partial charge in [0.15, 0.2) is 0 Å². The zero-order chi connectivity index (χ0) is 27.9. The summed E-state index contributed by atoms with van der Waals surface area (Å²) in [6, 6.07) is 10.00. The fraction of sp³-hybridized carbons (Fsp3) is 0.467. The van der Waals surface area contributed by atoms with Gasteiger partial charge in [-0.2, -0.15) is 5.10 Å². The number of hydrogen-bond donors (Lipinski definition) is 3. The number of carbonyl (C=O) groups excluding carboxylic acids is 1. The molecule has 4 aromatic rings. The van der Waals surface area contributed by atoms with Crippen molar-refractivity contribution in [1.82, 2.24) is 29.6 Å². The second kappa shape index (κ2) is 10.8. The highest BCUT2D eigenvalue weighted by atomic mass is 16.5. The Hall–Kier alpha value is -3.96. The van der Waals surface area contributed by atoms with Crippen LogP contribution in [-0.4, -0.2) is 74.7 Å². The number of ether oxygens (including phenoxy) is 1. The molecule has 5 heterocycles. The third-order valence-electron chi connectivity index (χ3n) is 8.58. The third kappa shape index (κ3) is 5.04. The van der Waals surface area contributed by atoms with Crippen LogP contribution in [0.1, 0.15) is 35.3 Å². The van der Waals surface area contributed by atoms with E-state index in [0.29, 0.717) is 59.3 Å². The van der Waals surface area contributed by atoms with Crippen molar-refractivity contribution in [2.45, 2.75) is 39.3 Å². The van der Waals surface area contributed by atoms with E-state index in [1.807, 2.05) is 6.92 Å². The molecule has 7 rings (SSSR count). The van der Waals surface area contributed by atoms with Gasteiger partial charge in [0.2, 0.25) is 11.8 Å². The summed E-state index contributed by atoms with van der Waals surface area (Å²) in [4.78, 5) is 25.7. The number of aliphatic hydroxyl groups is 1. The second-order valence-corrected chi connectivity index (χ2v) is 11.5. The van der Waals surface area contributed by atoms with Gasteiger partial charge < -0.3 is 24.6 Å². The van der Waals surface area contributed by atoms with E-state index < -0.39 is 0 Å². The molecule has 214 valence electrons. The molecule has 41 heavy (non-hydrogen) atoms. The van der Waals surface area contributed by atoms with Crippen LogP contribution in [0.25, 0.3) is 22.3 Å². The fourth-order valence-electron chi connectivity index (χ4n) is 6.53. The molecular weight excluding hydrogens is 520 g/mol. The number of pyridine rings is 1. The van der Waals surface area contributed by atoms with E-state index in [0.717, 1.165) is 63.0 Å². The van der Waals surface area contributed by atoms with Gasteiger partial charge in [-0.3, -0.25) is 15.1 Å². The lowest BCUT2D eigenvalue weighted by molar-refractivity contribution is 0.102. The number of aromatic nitrogens is 5. The highest BCUT2D eigenvalue weighted by molar-refractivity contribution is 6.05. The van der Waals surface area contributed by atoms with Gasteiger partial charge >= 0.3 is 0 Å². The molecule has 0 radical (unpaired) electrons. The molecule has 1 aromatic carbocycles. The van der Waals surface area contributed by atoms with Crippen LogP contribution < -0.4 is 20.3 Å². The smallest absolute Gasteiger partial charge is 0.258 e. The first-order valence-corrected chi connectivity index (χ1v) is 14.6. The molecule has 0 spiro atoms. The number of hydrogen-bond acceptors (Lipinski definition) is 8. The van der Waals surface area contributed by atoms with Crippen LogP contribution in [0.15, 0.2) is 36.5 Å². The van der Waals surface area contributed by atoms with Crippen molar-refractivity contribution < 1.29 is 14.6 Å². The minimum Gasteiger partial charge on any atom is -0.477 e. The maximum absolute atomic E-state index is 13.7. The number of imidazole rings is 1. The Morgan fingerprint density at radius 2 is 1.95 bits per heavy atom. The molecule has 3 N–H and O–H groups in total. The Kier molecular flexibility index (Phi) is 6.83. The molecule has 2 aliphatic heterocycles. The predicted molar refractivity (Wildman–Crippen MR) is 156 cm³/mol. The van der Waals surface area contributed by atoms with Gasteiger partial charge in [-0.1, -0.05) is 0 Å². The Bertz CT molecular complexity index is 1590. The second-order valence-electron chi connectivity index (χ2n) is 11.5. The molecule has 1 saturated heterocycles. The van der Waals surface area contributed by atoms with E-state index in [1.165, 1.54) is 5.69 Å². The maximum atomic E-state index is 13.7. The summed E-state index contributed by atoms with van der Waals surface area (Å²) < 4.78 is 10.3. The van der Waals surface area contributed by atoms with E-state index in [1.54, 1.807) is 23.0 Å². The number of nitrogens with one attached hydrogen (secondary N) is 2. The number of anilines is 2. The van der Waals surface area contributed by atoms with Crippen molar-refractivity contribution in [2.24, 2.45) is 11.8 Å². The lowest BCUT2D eigenvalue weighted by atomic mass is 10.1. The number of fused-ring (bicyclic) bond motifs is 9. The monoisotopic (exact) mass is 556 g/mol. The van der Waals surface area contributed by atoms with Gasteiger partial charge in [0.25, 0.3) is 5.91 Å². The summed E-state index contributed by atoms with van der Waals surface area (Å²) in [6.45, 7) is 7.38. The van der Waals surface area contributed by atoms with Crippen LogP contribution in [0.2, 0.25) is 0 Å². The number of aliphatic hydroxyl groups excluding tert-OH is 1. The summed E-state index contributed by atoms with van der Waals surface area (Å²) in [7, 11) is 0. The molecule has 11 nitrogen and oxygen atoms in total. The molecular formula is C30H36N8O3. The van der Waals surface area contributed by atoms with Crippen molar-refractivity contribution in [3.63, 3.8) is 0 Å². The summed E-state index contributed by atoms with van der Waals surface area (Å²) in [6.07, 6.45) is 4.89. The number of aryl methyl sites for hydroxylation is 1. The first kappa shape index (κ1) is 26.0. The van der Waals surface area contributed by atoms with Crippen LogP contribution in [0.5, 0.6) is 5.88 Å². The van der Waals surface area contributed by atoms with Crippen LogP contribution >= 0.6 is 0 Å². The third-order valence-corrected chi connectivity index (χ3v) is 8.58. The normalized spacial score (nSPS) is 21.0. The first-order valence-electron chi connectivity index (χ1n) is 14.6. The van der Waals surface area contributed by atoms with Gasteiger partial charge in [-0.15, -0.1) is 0 Å². The van der Waals surface area contributed by atoms with Crippen molar-refractivity contribution >= 4 is 28.6 Å². The molecule has 3 aliphatic rings. The minimum atomic E-state index is -0.236. The highest BCUT2D eigenvalue weighted by Gasteiger charge is 2.29. The SMILES string of the molecule is Cc1cc2cc(n1)-c1cnn(CCO)c1OC[C@H]1CC[C@H](C1)Cn1c(nc3ccc(N4CCNCC4)cc31)NC2=O. The Labute approximate surface area is 238 Å². The summed E-state index contributed by atoms with van der Waals surface area (Å²) in [5, 5.41) is 20.6. The topological polar surface area (TPSA) is 122 Å². The van der Waals surface area contributed by atoms with E-state index in [-0.39, 0.29) is 12.5 Å². The average Bonchev–Trinajstić information content (AvgIpc) is 3.69. The lowest BCUT2D eigenvalue weighted by Crippen LogP contribution is -2.43. The molecule has 2 fully saturated rings. The number of rotatable bonds is 3. The molecule has 2 atom stereocenters. The molecule has 4 bridgehead atoms. The van der Waals surface area contributed by atoms with E-state index in [2.05, 4.69) is 43.4 Å². The van der Waals surface area contributed by atoms with Crippen LogP contribution in [0.4, 0.5) is 11.6 Å². The molecule has 1 aliphatic carbocycles. The molecule has 1 amide bonds. The predicted octanol–water partition coefficient (Wildman–Crippen LogP) is 3.07. The Morgan fingerprint density at radius 1 is 1.10 bits per heavy atom. The van der Waals surface area contributed by atoms with Crippen molar-refractivity contribution in [3.8, 4) is 17.1 Å².